The van der Waals surface area contributed by atoms with Gasteiger partial charge in [0.15, 0.2) is 5.82 Å². The van der Waals surface area contributed by atoms with Gasteiger partial charge in [-0.2, -0.15) is 18.3 Å². The third kappa shape index (κ3) is 4.13. The van der Waals surface area contributed by atoms with Gasteiger partial charge in [-0.05, 0) is 44.9 Å². The summed E-state index contributed by atoms with van der Waals surface area (Å²) in [5, 5.41) is 7.05. The normalized spacial score (nSPS) is 18.1. The number of pyridine rings is 1. The fourth-order valence-corrected chi connectivity index (χ4v) is 3.12. The molecule has 0 atom stereocenters. The Bertz CT molecular complexity index is 787. The molecular weight excluding hydrogens is 355 g/mol. The first-order chi connectivity index (χ1) is 12.0. The van der Waals surface area contributed by atoms with Gasteiger partial charge in [0.2, 0.25) is 5.92 Å². The van der Waals surface area contributed by atoms with Gasteiger partial charge in [0.05, 0.1) is 11.3 Å². The van der Waals surface area contributed by atoms with Crippen molar-refractivity contribution in [3.05, 3.63) is 35.2 Å². The molecule has 0 unspecified atom stereocenters. The maximum Gasteiger partial charge on any atom is 0.416 e. The minimum atomic E-state index is -4.55. The first-order valence-electron chi connectivity index (χ1n) is 8.31. The van der Waals surface area contributed by atoms with Crippen molar-refractivity contribution >= 4 is 5.82 Å². The Labute approximate surface area is 147 Å². The van der Waals surface area contributed by atoms with Crippen molar-refractivity contribution in [2.45, 2.75) is 57.7 Å². The van der Waals surface area contributed by atoms with Crippen LogP contribution in [-0.4, -0.2) is 26.7 Å². The van der Waals surface area contributed by atoms with Crippen LogP contribution in [0.15, 0.2) is 18.2 Å². The second-order valence-electron chi connectivity index (χ2n) is 6.71. The van der Waals surface area contributed by atoms with Crippen LogP contribution in [0.4, 0.5) is 27.8 Å². The molecule has 1 fully saturated rings. The summed E-state index contributed by atoms with van der Waals surface area (Å²) in [6.45, 7) is 3.46. The third-order valence-corrected chi connectivity index (χ3v) is 4.43. The van der Waals surface area contributed by atoms with Gasteiger partial charge in [-0.3, -0.25) is 0 Å². The molecule has 0 radical (unpaired) electrons. The van der Waals surface area contributed by atoms with E-state index in [0.29, 0.717) is 11.4 Å². The van der Waals surface area contributed by atoms with Gasteiger partial charge in [-0.1, -0.05) is 0 Å². The number of hydrogen-bond acceptors (Lipinski definition) is 3. The molecule has 0 aliphatic heterocycles. The van der Waals surface area contributed by atoms with Crippen LogP contribution < -0.4 is 5.32 Å². The van der Waals surface area contributed by atoms with Crippen LogP contribution in [0.1, 0.15) is 42.6 Å². The molecule has 1 aliphatic carbocycles. The summed E-state index contributed by atoms with van der Waals surface area (Å²) < 4.78 is 67.7. The van der Waals surface area contributed by atoms with Gasteiger partial charge >= 0.3 is 6.18 Å². The zero-order valence-electron chi connectivity index (χ0n) is 14.4. The molecule has 142 valence electrons. The topological polar surface area (TPSA) is 42.7 Å². The van der Waals surface area contributed by atoms with Gasteiger partial charge in [0, 0.05) is 24.6 Å². The number of alkyl halides is 5. The molecule has 1 aliphatic rings. The summed E-state index contributed by atoms with van der Waals surface area (Å²) in [5.41, 5.74) is 0.446. The number of aryl methyl sites for hydroxylation is 2. The molecule has 0 amide bonds. The van der Waals surface area contributed by atoms with E-state index in [1.807, 2.05) is 0 Å². The SMILES string of the molecule is Cc1cc(C)n(-c2cc(C(F)(F)F)cc(NC3CCC(F)(F)CC3)n2)n1. The van der Waals surface area contributed by atoms with Crippen molar-refractivity contribution < 1.29 is 22.0 Å². The Balaban J connectivity index is 1.92. The van der Waals surface area contributed by atoms with Crippen LogP contribution in [0.5, 0.6) is 0 Å². The molecule has 2 heterocycles. The van der Waals surface area contributed by atoms with E-state index in [1.165, 1.54) is 4.68 Å². The largest absolute Gasteiger partial charge is 0.416 e. The van der Waals surface area contributed by atoms with Gasteiger partial charge in [0.1, 0.15) is 5.82 Å². The second-order valence-corrected chi connectivity index (χ2v) is 6.71. The fraction of sp³-hybridized carbons (Fsp3) is 0.529. The maximum atomic E-state index is 13.3. The summed E-state index contributed by atoms with van der Waals surface area (Å²) in [6, 6.07) is 3.23. The quantitative estimate of drug-likeness (QED) is 0.778. The van der Waals surface area contributed by atoms with E-state index in [1.54, 1.807) is 19.9 Å². The Hall–Kier alpha value is -2.19. The molecule has 3 rings (SSSR count). The molecule has 0 aromatic carbocycles. The van der Waals surface area contributed by atoms with Crippen molar-refractivity contribution in [1.82, 2.24) is 14.8 Å². The van der Waals surface area contributed by atoms with E-state index in [2.05, 4.69) is 15.4 Å². The van der Waals surface area contributed by atoms with E-state index in [9.17, 15) is 22.0 Å². The summed E-state index contributed by atoms with van der Waals surface area (Å²) in [4.78, 5) is 4.22. The average molecular weight is 374 g/mol. The van der Waals surface area contributed by atoms with Gasteiger partial charge in [-0.25, -0.2) is 18.4 Å². The molecule has 9 heteroatoms. The van der Waals surface area contributed by atoms with Crippen LogP contribution in [0.2, 0.25) is 0 Å². The highest BCUT2D eigenvalue weighted by molar-refractivity contribution is 5.46. The van der Waals surface area contributed by atoms with Crippen molar-refractivity contribution in [2.24, 2.45) is 0 Å². The van der Waals surface area contributed by atoms with Gasteiger partial charge in [-0.15, -0.1) is 0 Å². The first kappa shape index (κ1) is 18.6. The third-order valence-electron chi connectivity index (χ3n) is 4.43. The minimum absolute atomic E-state index is 0.0117. The molecular formula is C17H19F5N4. The summed E-state index contributed by atoms with van der Waals surface area (Å²) in [6.07, 6.45) is -4.76. The Morgan fingerprint density at radius 1 is 1.12 bits per heavy atom. The average Bonchev–Trinajstić information content (AvgIpc) is 2.87. The highest BCUT2D eigenvalue weighted by Crippen LogP contribution is 2.35. The lowest BCUT2D eigenvalue weighted by atomic mass is 9.92. The van der Waals surface area contributed by atoms with Gasteiger partial charge in [0.25, 0.3) is 0 Å². The maximum absolute atomic E-state index is 13.3. The lowest BCUT2D eigenvalue weighted by Gasteiger charge is -2.29. The number of nitrogens with one attached hydrogen (secondary N) is 1. The van der Waals surface area contributed by atoms with Crippen LogP contribution in [-0.2, 0) is 6.18 Å². The van der Waals surface area contributed by atoms with E-state index < -0.39 is 17.7 Å². The second kappa shape index (κ2) is 6.51. The lowest BCUT2D eigenvalue weighted by molar-refractivity contribution is -0.137. The van der Waals surface area contributed by atoms with Crippen LogP contribution in [0.3, 0.4) is 0 Å². The van der Waals surface area contributed by atoms with E-state index >= 15 is 0 Å². The van der Waals surface area contributed by atoms with Crippen LogP contribution in [0.25, 0.3) is 5.82 Å². The Morgan fingerprint density at radius 2 is 1.77 bits per heavy atom. The minimum Gasteiger partial charge on any atom is -0.367 e. The molecule has 2 aromatic rings. The van der Waals surface area contributed by atoms with Crippen LogP contribution >= 0.6 is 0 Å². The van der Waals surface area contributed by atoms with E-state index in [0.717, 1.165) is 12.1 Å². The Morgan fingerprint density at radius 3 is 2.31 bits per heavy atom. The number of hydrogen-bond donors (Lipinski definition) is 1. The number of anilines is 1. The van der Waals surface area contributed by atoms with Crippen molar-refractivity contribution in [3.8, 4) is 5.82 Å². The molecule has 0 saturated heterocycles. The summed E-state index contributed by atoms with van der Waals surface area (Å²) >= 11 is 0. The standard InChI is InChI=1S/C17H19F5N4/c1-10-7-11(2)26(25-10)15-9-12(17(20,21)22)8-14(24-15)23-13-3-5-16(18,19)6-4-13/h7-9,13H,3-6H2,1-2H3,(H,23,24). The van der Waals surface area contributed by atoms with Crippen molar-refractivity contribution in [3.63, 3.8) is 0 Å². The number of aromatic nitrogens is 3. The predicted molar refractivity (Wildman–Crippen MR) is 86.7 cm³/mol. The molecule has 2 aromatic heterocycles. The van der Waals surface area contributed by atoms with Crippen molar-refractivity contribution in [2.75, 3.05) is 5.32 Å². The monoisotopic (exact) mass is 374 g/mol. The summed E-state index contributed by atoms with van der Waals surface area (Å²) in [5.74, 6) is -2.65. The molecule has 1 N–H and O–H groups in total. The van der Waals surface area contributed by atoms with Gasteiger partial charge < -0.3 is 5.32 Å². The Kier molecular flexibility index (Phi) is 4.66. The highest BCUT2D eigenvalue weighted by Gasteiger charge is 2.36. The molecule has 1 saturated carbocycles. The zero-order valence-corrected chi connectivity index (χ0v) is 14.4. The predicted octanol–water partition coefficient (Wildman–Crippen LogP) is 4.89. The number of nitrogens with zero attached hydrogens (tertiary/aromatic N) is 3. The zero-order chi connectivity index (χ0) is 19.1. The van der Waals surface area contributed by atoms with E-state index in [4.69, 9.17) is 0 Å². The van der Waals surface area contributed by atoms with E-state index in [-0.39, 0.29) is 43.4 Å². The van der Waals surface area contributed by atoms with Crippen molar-refractivity contribution in [1.29, 1.82) is 0 Å². The number of halogens is 5. The first-order valence-corrected chi connectivity index (χ1v) is 8.31. The molecule has 0 spiro atoms. The molecule has 4 nitrogen and oxygen atoms in total. The molecule has 0 bridgehead atoms. The highest BCUT2D eigenvalue weighted by atomic mass is 19.4. The molecule has 26 heavy (non-hydrogen) atoms. The smallest absolute Gasteiger partial charge is 0.367 e. The lowest BCUT2D eigenvalue weighted by Crippen LogP contribution is -2.32. The summed E-state index contributed by atoms with van der Waals surface area (Å²) in [7, 11) is 0. The van der Waals surface area contributed by atoms with Crippen LogP contribution in [0, 0.1) is 13.8 Å². The fourth-order valence-electron chi connectivity index (χ4n) is 3.12. The number of rotatable bonds is 3.